The lowest BCUT2D eigenvalue weighted by atomic mass is 10.0. The SMILES string of the molecule is CCOP(=O)(OCC)C1([N+](=O)[O-])C(C)(C)C1(C)C. The van der Waals surface area contributed by atoms with Crippen LogP contribution >= 0.6 is 7.60 Å². The van der Waals surface area contributed by atoms with Gasteiger partial charge >= 0.3 is 12.9 Å². The molecule has 6 nitrogen and oxygen atoms in total. The van der Waals surface area contributed by atoms with E-state index in [1.807, 2.05) is 0 Å². The monoisotopic (exact) mass is 279 g/mol. The molecule has 1 saturated carbocycles. The van der Waals surface area contributed by atoms with Crippen molar-refractivity contribution in [3.05, 3.63) is 10.1 Å². The van der Waals surface area contributed by atoms with Gasteiger partial charge in [-0.3, -0.25) is 14.7 Å². The van der Waals surface area contributed by atoms with Gasteiger partial charge in [0.1, 0.15) is 0 Å². The Morgan fingerprint density at radius 1 is 1.06 bits per heavy atom. The van der Waals surface area contributed by atoms with Gasteiger partial charge in [-0.1, -0.05) is 27.7 Å². The first-order valence-electron chi connectivity index (χ1n) is 6.10. The van der Waals surface area contributed by atoms with Gasteiger partial charge in [0.2, 0.25) is 0 Å². The van der Waals surface area contributed by atoms with Crippen molar-refractivity contribution in [2.75, 3.05) is 13.2 Å². The molecule has 0 atom stereocenters. The molecule has 1 aliphatic rings. The van der Waals surface area contributed by atoms with Crippen LogP contribution in [0.3, 0.4) is 0 Å². The zero-order valence-corrected chi connectivity index (χ0v) is 12.7. The molecule has 1 aliphatic carbocycles. The number of hydrogen-bond donors (Lipinski definition) is 0. The minimum Gasteiger partial charge on any atom is -0.304 e. The van der Waals surface area contributed by atoms with Crippen molar-refractivity contribution < 1.29 is 18.5 Å². The summed E-state index contributed by atoms with van der Waals surface area (Å²) in [4.78, 5) is 11.1. The van der Waals surface area contributed by atoms with Gasteiger partial charge in [-0.05, 0) is 13.8 Å². The Hall–Kier alpha value is -0.450. The summed E-state index contributed by atoms with van der Waals surface area (Å²) in [5, 5.41) is 9.92. The zero-order chi connectivity index (χ0) is 14.4. The van der Waals surface area contributed by atoms with E-state index in [-0.39, 0.29) is 13.2 Å². The maximum Gasteiger partial charge on any atom is 0.408 e. The summed E-state index contributed by atoms with van der Waals surface area (Å²) in [6.45, 7) is 10.5. The molecule has 18 heavy (non-hydrogen) atoms. The molecular formula is C11H22NO5P. The first-order chi connectivity index (χ1) is 8.06. The largest absolute Gasteiger partial charge is 0.408 e. The normalized spacial score (nSPS) is 23.7. The molecule has 0 amide bonds. The van der Waals surface area contributed by atoms with Gasteiger partial charge in [-0.2, -0.15) is 0 Å². The highest BCUT2D eigenvalue weighted by atomic mass is 31.2. The molecule has 0 bridgehead atoms. The van der Waals surface area contributed by atoms with Crippen LogP contribution in [0.25, 0.3) is 0 Å². The second-order valence-corrected chi connectivity index (χ2v) is 7.67. The van der Waals surface area contributed by atoms with Gasteiger partial charge in [0, 0.05) is 4.92 Å². The van der Waals surface area contributed by atoms with Crippen LogP contribution in [0.4, 0.5) is 0 Å². The van der Waals surface area contributed by atoms with Crippen LogP contribution in [0.5, 0.6) is 0 Å². The fourth-order valence-corrected chi connectivity index (χ4v) is 6.26. The van der Waals surface area contributed by atoms with E-state index in [0.29, 0.717) is 0 Å². The van der Waals surface area contributed by atoms with Crippen molar-refractivity contribution in [3.8, 4) is 0 Å². The molecule has 0 unspecified atom stereocenters. The fraction of sp³-hybridized carbons (Fsp3) is 1.00. The maximum atomic E-state index is 12.9. The Morgan fingerprint density at radius 3 is 1.56 bits per heavy atom. The summed E-state index contributed by atoms with van der Waals surface area (Å²) in [6.07, 6.45) is 0. The third-order valence-corrected chi connectivity index (χ3v) is 7.77. The summed E-state index contributed by atoms with van der Waals surface area (Å²) in [5.74, 6) is 0. The average molecular weight is 279 g/mol. The van der Waals surface area contributed by atoms with E-state index in [4.69, 9.17) is 9.05 Å². The van der Waals surface area contributed by atoms with Crippen LogP contribution in [0, 0.1) is 20.9 Å². The molecule has 1 fully saturated rings. The van der Waals surface area contributed by atoms with Crippen LogP contribution in [0.2, 0.25) is 0 Å². The fourth-order valence-electron chi connectivity index (χ4n) is 3.06. The van der Waals surface area contributed by atoms with Gasteiger partial charge < -0.3 is 9.05 Å². The summed E-state index contributed by atoms with van der Waals surface area (Å²) in [5.41, 5.74) is -1.49. The number of nitrogens with zero attached hydrogens (tertiary/aromatic N) is 1. The van der Waals surface area contributed by atoms with E-state index in [1.54, 1.807) is 41.5 Å². The maximum absolute atomic E-state index is 12.9. The molecule has 0 N–H and O–H groups in total. The summed E-state index contributed by atoms with van der Waals surface area (Å²) in [7, 11) is -3.81. The topological polar surface area (TPSA) is 78.7 Å². The Balaban J connectivity index is 3.40. The molecule has 0 aromatic carbocycles. The third-order valence-electron chi connectivity index (χ3n) is 4.50. The van der Waals surface area contributed by atoms with E-state index in [2.05, 4.69) is 0 Å². The van der Waals surface area contributed by atoms with Crippen LogP contribution in [-0.2, 0) is 13.6 Å². The molecule has 0 heterocycles. The van der Waals surface area contributed by atoms with Crippen molar-refractivity contribution in [1.29, 1.82) is 0 Å². The predicted molar refractivity (Wildman–Crippen MR) is 68.1 cm³/mol. The molecule has 0 aromatic heterocycles. The summed E-state index contributed by atoms with van der Waals surface area (Å²) in [6, 6.07) is 0. The van der Waals surface area contributed by atoms with Gasteiger partial charge in [0.05, 0.1) is 24.0 Å². The van der Waals surface area contributed by atoms with E-state index in [1.165, 1.54) is 0 Å². The second-order valence-electron chi connectivity index (χ2n) is 5.51. The highest BCUT2D eigenvalue weighted by molar-refractivity contribution is 7.56. The molecule has 1 rings (SSSR count). The van der Waals surface area contributed by atoms with Crippen LogP contribution < -0.4 is 0 Å². The Kier molecular flexibility index (Phi) is 3.72. The first-order valence-corrected chi connectivity index (χ1v) is 7.64. The number of rotatable bonds is 6. The second kappa shape index (κ2) is 4.29. The zero-order valence-electron chi connectivity index (χ0n) is 11.8. The first kappa shape index (κ1) is 15.6. The predicted octanol–water partition coefficient (Wildman–Crippen LogP) is 3.29. The molecule has 106 valence electrons. The highest BCUT2D eigenvalue weighted by Crippen LogP contribution is 2.88. The molecule has 0 saturated heterocycles. The molecule has 7 heteroatoms. The summed E-state index contributed by atoms with van der Waals surface area (Å²) < 4.78 is 23.3. The van der Waals surface area contributed by atoms with E-state index >= 15 is 0 Å². The van der Waals surface area contributed by atoms with Gasteiger partial charge in [-0.25, -0.2) is 0 Å². The molecule has 0 radical (unpaired) electrons. The average Bonchev–Trinajstić information content (AvgIpc) is 2.54. The van der Waals surface area contributed by atoms with Crippen molar-refractivity contribution >= 4 is 7.60 Å². The smallest absolute Gasteiger partial charge is 0.304 e. The van der Waals surface area contributed by atoms with E-state index in [9.17, 15) is 14.7 Å². The minimum atomic E-state index is -3.81. The Labute approximate surface area is 108 Å². The standard InChI is InChI=1S/C11H22NO5P/c1-7-16-18(15,17-8-2)11(12(13)14)9(3,4)10(11,5)6/h7-8H2,1-6H3. The highest BCUT2D eigenvalue weighted by Gasteiger charge is 2.96. The van der Waals surface area contributed by atoms with Crippen molar-refractivity contribution in [1.82, 2.24) is 0 Å². The van der Waals surface area contributed by atoms with Crippen LogP contribution in [0.1, 0.15) is 41.5 Å². The molecule has 0 aromatic rings. The van der Waals surface area contributed by atoms with Crippen LogP contribution in [-0.4, -0.2) is 23.4 Å². The van der Waals surface area contributed by atoms with Crippen molar-refractivity contribution in [2.24, 2.45) is 10.8 Å². The lowest BCUT2D eigenvalue weighted by Crippen LogP contribution is -2.32. The van der Waals surface area contributed by atoms with Gasteiger partial charge in [0.15, 0.2) is 0 Å². The van der Waals surface area contributed by atoms with Gasteiger partial charge in [0.25, 0.3) is 0 Å². The Morgan fingerprint density at radius 2 is 1.39 bits per heavy atom. The van der Waals surface area contributed by atoms with Crippen LogP contribution in [0.15, 0.2) is 0 Å². The molecular weight excluding hydrogens is 257 g/mol. The van der Waals surface area contributed by atoms with Crippen molar-refractivity contribution in [3.63, 3.8) is 0 Å². The summed E-state index contributed by atoms with van der Waals surface area (Å²) >= 11 is 0. The number of hydrogen-bond acceptors (Lipinski definition) is 5. The minimum absolute atomic E-state index is 0.124. The quantitative estimate of drug-likeness (QED) is 0.423. The molecule has 0 spiro atoms. The van der Waals surface area contributed by atoms with E-state index in [0.717, 1.165) is 0 Å². The molecule has 0 aliphatic heterocycles. The lowest BCUT2D eigenvalue weighted by molar-refractivity contribution is -0.529. The lowest BCUT2D eigenvalue weighted by Gasteiger charge is -2.23. The van der Waals surface area contributed by atoms with E-state index < -0.39 is 28.6 Å². The van der Waals surface area contributed by atoms with Gasteiger partial charge in [-0.15, -0.1) is 0 Å². The number of nitro groups is 1. The Bertz CT molecular complexity index is 380. The third kappa shape index (κ3) is 1.46. The van der Waals surface area contributed by atoms with Crippen molar-refractivity contribution in [2.45, 2.75) is 46.8 Å².